The van der Waals surface area contributed by atoms with Crippen LogP contribution in [0.15, 0.2) is 54.6 Å². The van der Waals surface area contributed by atoms with Crippen LogP contribution < -0.4 is 10.6 Å². The minimum atomic E-state index is -0.104. The molecule has 26 heavy (non-hydrogen) atoms. The maximum atomic E-state index is 12.7. The van der Waals surface area contributed by atoms with E-state index in [4.69, 9.17) is 4.74 Å². The number of benzene rings is 2. The van der Waals surface area contributed by atoms with E-state index in [9.17, 15) is 4.79 Å². The van der Waals surface area contributed by atoms with Crippen molar-refractivity contribution in [2.45, 2.75) is 13.3 Å². The molecule has 0 bridgehead atoms. The molecule has 2 aromatic carbocycles. The molecule has 5 heteroatoms. The van der Waals surface area contributed by atoms with Gasteiger partial charge in [0.25, 0.3) is 5.91 Å². The summed E-state index contributed by atoms with van der Waals surface area (Å²) < 4.78 is 5.02. The van der Waals surface area contributed by atoms with E-state index >= 15 is 0 Å². The summed E-state index contributed by atoms with van der Waals surface area (Å²) in [6.45, 7) is 3.23. The fraction of sp³-hybridized carbons (Fsp3) is 0.238. The van der Waals surface area contributed by atoms with Crippen molar-refractivity contribution in [3.8, 4) is 0 Å². The lowest BCUT2D eigenvalue weighted by atomic mass is 10.1. The van der Waals surface area contributed by atoms with Gasteiger partial charge in [0.15, 0.2) is 0 Å². The monoisotopic (exact) mass is 349 g/mol. The molecule has 0 fully saturated rings. The SMILES string of the molecule is COCCCNC(=O)c1cc(Nc2ccccc2C)nc2ccccc12. The van der Waals surface area contributed by atoms with Crippen LogP contribution in [0.25, 0.3) is 10.9 Å². The van der Waals surface area contributed by atoms with Crippen LogP contribution in [0.3, 0.4) is 0 Å². The van der Waals surface area contributed by atoms with Crippen molar-refractivity contribution in [2.24, 2.45) is 0 Å². The lowest BCUT2D eigenvalue weighted by Crippen LogP contribution is -2.25. The number of rotatable bonds is 7. The van der Waals surface area contributed by atoms with Crippen LogP contribution in [0.1, 0.15) is 22.3 Å². The first-order valence-corrected chi connectivity index (χ1v) is 8.68. The van der Waals surface area contributed by atoms with E-state index in [1.165, 1.54) is 0 Å². The second-order valence-corrected chi connectivity index (χ2v) is 6.11. The van der Waals surface area contributed by atoms with Gasteiger partial charge in [-0.3, -0.25) is 4.79 Å². The summed E-state index contributed by atoms with van der Waals surface area (Å²) in [4.78, 5) is 17.3. The quantitative estimate of drug-likeness (QED) is 0.632. The highest BCUT2D eigenvalue weighted by Crippen LogP contribution is 2.24. The molecule has 0 aliphatic heterocycles. The lowest BCUT2D eigenvalue weighted by Gasteiger charge is -2.13. The molecule has 1 aromatic heterocycles. The number of anilines is 2. The number of hydrogen-bond donors (Lipinski definition) is 2. The Hall–Kier alpha value is -2.92. The van der Waals surface area contributed by atoms with Crippen molar-refractivity contribution in [1.29, 1.82) is 0 Å². The number of hydrogen-bond acceptors (Lipinski definition) is 4. The molecular weight excluding hydrogens is 326 g/mol. The van der Waals surface area contributed by atoms with E-state index in [2.05, 4.69) is 15.6 Å². The number of para-hydroxylation sites is 2. The highest BCUT2D eigenvalue weighted by molar-refractivity contribution is 6.07. The average Bonchev–Trinajstić information content (AvgIpc) is 2.66. The standard InChI is InChI=1S/C21H23N3O2/c1-15-8-3-5-10-18(15)23-20-14-17(21(25)22-12-7-13-26-2)16-9-4-6-11-19(16)24-20/h3-6,8-11,14H,7,12-13H2,1-2H3,(H,22,25)(H,23,24). The van der Waals surface area contributed by atoms with E-state index in [1.54, 1.807) is 13.2 Å². The summed E-state index contributed by atoms with van der Waals surface area (Å²) in [5, 5.41) is 7.12. The van der Waals surface area contributed by atoms with Crippen molar-refractivity contribution in [3.05, 3.63) is 65.7 Å². The van der Waals surface area contributed by atoms with Crippen LogP contribution in [0, 0.1) is 6.92 Å². The Balaban J connectivity index is 1.91. The summed E-state index contributed by atoms with van der Waals surface area (Å²) in [5.41, 5.74) is 3.49. The number of carbonyl (C=O) groups is 1. The van der Waals surface area contributed by atoms with Crippen LogP contribution in [-0.4, -0.2) is 31.2 Å². The molecule has 0 saturated carbocycles. The molecule has 5 nitrogen and oxygen atoms in total. The van der Waals surface area contributed by atoms with E-state index < -0.39 is 0 Å². The fourth-order valence-electron chi connectivity index (χ4n) is 2.79. The third-order valence-corrected chi connectivity index (χ3v) is 4.18. The molecule has 1 heterocycles. The average molecular weight is 349 g/mol. The number of amides is 1. The largest absolute Gasteiger partial charge is 0.385 e. The van der Waals surface area contributed by atoms with Crippen molar-refractivity contribution >= 4 is 28.3 Å². The number of aromatic nitrogens is 1. The normalized spacial score (nSPS) is 10.7. The number of methoxy groups -OCH3 is 1. The highest BCUT2D eigenvalue weighted by Gasteiger charge is 2.13. The van der Waals surface area contributed by atoms with Crippen molar-refractivity contribution in [2.75, 3.05) is 25.6 Å². The van der Waals surface area contributed by atoms with Crippen molar-refractivity contribution in [3.63, 3.8) is 0 Å². The molecule has 0 spiro atoms. The third-order valence-electron chi connectivity index (χ3n) is 4.18. The van der Waals surface area contributed by atoms with Crippen molar-refractivity contribution in [1.82, 2.24) is 10.3 Å². The maximum Gasteiger partial charge on any atom is 0.252 e. The molecule has 3 aromatic rings. The van der Waals surface area contributed by atoms with E-state index in [-0.39, 0.29) is 5.91 Å². The van der Waals surface area contributed by atoms with Crippen LogP contribution in [0.5, 0.6) is 0 Å². The van der Waals surface area contributed by atoms with Gasteiger partial charge in [0.05, 0.1) is 11.1 Å². The number of pyridine rings is 1. The molecule has 0 aliphatic carbocycles. The van der Waals surface area contributed by atoms with Gasteiger partial charge in [-0.1, -0.05) is 36.4 Å². The third kappa shape index (κ3) is 4.18. The number of nitrogens with one attached hydrogen (secondary N) is 2. The molecule has 0 atom stereocenters. The Morgan fingerprint density at radius 3 is 2.69 bits per heavy atom. The van der Waals surface area contributed by atoms with Crippen LogP contribution in [0.4, 0.5) is 11.5 Å². The van der Waals surface area contributed by atoms with Gasteiger partial charge in [-0.15, -0.1) is 0 Å². The second kappa shape index (κ2) is 8.45. The van der Waals surface area contributed by atoms with Crippen LogP contribution in [-0.2, 0) is 4.74 Å². The number of nitrogens with zero attached hydrogens (tertiary/aromatic N) is 1. The zero-order valence-electron chi connectivity index (χ0n) is 15.1. The molecule has 0 aliphatic rings. The summed E-state index contributed by atoms with van der Waals surface area (Å²) in [7, 11) is 1.65. The molecule has 134 valence electrons. The van der Waals surface area contributed by atoms with Gasteiger partial charge in [-0.2, -0.15) is 0 Å². The smallest absolute Gasteiger partial charge is 0.252 e. The Morgan fingerprint density at radius 1 is 1.12 bits per heavy atom. The molecule has 1 amide bonds. The second-order valence-electron chi connectivity index (χ2n) is 6.11. The maximum absolute atomic E-state index is 12.7. The van der Waals surface area contributed by atoms with Gasteiger partial charge >= 0.3 is 0 Å². The zero-order chi connectivity index (χ0) is 18.4. The molecule has 2 N–H and O–H groups in total. The summed E-state index contributed by atoms with van der Waals surface area (Å²) >= 11 is 0. The molecule has 0 unspecified atom stereocenters. The van der Waals surface area contributed by atoms with Gasteiger partial charge in [-0.25, -0.2) is 4.98 Å². The number of fused-ring (bicyclic) bond motifs is 1. The zero-order valence-corrected chi connectivity index (χ0v) is 15.1. The molecular formula is C21H23N3O2. The summed E-state index contributed by atoms with van der Waals surface area (Å²) in [5.74, 6) is 0.549. The highest BCUT2D eigenvalue weighted by atomic mass is 16.5. The Morgan fingerprint density at radius 2 is 1.88 bits per heavy atom. The van der Waals surface area contributed by atoms with Gasteiger partial charge in [-0.05, 0) is 37.1 Å². The fourth-order valence-corrected chi connectivity index (χ4v) is 2.79. The summed E-state index contributed by atoms with van der Waals surface area (Å²) in [6, 6.07) is 17.5. The van der Waals surface area contributed by atoms with Gasteiger partial charge in [0.2, 0.25) is 0 Å². The van der Waals surface area contributed by atoms with E-state index in [1.807, 2.05) is 55.5 Å². The number of aryl methyl sites for hydroxylation is 1. The first-order valence-electron chi connectivity index (χ1n) is 8.68. The predicted octanol–water partition coefficient (Wildman–Crippen LogP) is 4.05. The van der Waals surface area contributed by atoms with Gasteiger partial charge < -0.3 is 15.4 Å². The number of carbonyl (C=O) groups excluding carboxylic acids is 1. The minimum absolute atomic E-state index is 0.104. The topological polar surface area (TPSA) is 63.2 Å². The van der Waals surface area contributed by atoms with Crippen molar-refractivity contribution < 1.29 is 9.53 Å². The molecule has 0 saturated heterocycles. The van der Waals surface area contributed by atoms with Crippen LogP contribution in [0.2, 0.25) is 0 Å². The Labute approximate surface area is 153 Å². The first-order chi connectivity index (χ1) is 12.7. The lowest BCUT2D eigenvalue weighted by molar-refractivity contribution is 0.0950. The minimum Gasteiger partial charge on any atom is -0.385 e. The Kier molecular flexibility index (Phi) is 5.81. The van der Waals surface area contributed by atoms with E-state index in [0.717, 1.165) is 28.6 Å². The van der Waals surface area contributed by atoms with Crippen LogP contribution >= 0.6 is 0 Å². The van der Waals surface area contributed by atoms with E-state index in [0.29, 0.717) is 24.5 Å². The summed E-state index contributed by atoms with van der Waals surface area (Å²) in [6.07, 6.45) is 0.777. The Bertz CT molecular complexity index is 909. The molecule has 3 rings (SSSR count). The predicted molar refractivity (Wildman–Crippen MR) is 105 cm³/mol. The molecule has 0 radical (unpaired) electrons. The first kappa shape index (κ1) is 17.9. The van der Waals surface area contributed by atoms with Gasteiger partial charge in [0.1, 0.15) is 5.82 Å². The number of ether oxygens (including phenoxy) is 1. The van der Waals surface area contributed by atoms with Gasteiger partial charge in [0, 0.05) is 31.3 Å².